The van der Waals surface area contributed by atoms with E-state index < -0.39 is 0 Å². The molecule has 0 saturated heterocycles. The second-order valence-electron chi connectivity index (χ2n) is 6.57. The number of hydrogen-bond donors (Lipinski definition) is 2. The number of carbonyl (C=O) groups excluding carboxylic acids is 2. The second-order valence-corrected chi connectivity index (χ2v) is 7.58. The van der Waals surface area contributed by atoms with Crippen LogP contribution in [0.15, 0.2) is 77.8 Å². The third kappa shape index (κ3) is 5.07. The van der Waals surface area contributed by atoms with E-state index in [2.05, 4.69) is 20.8 Å². The molecule has 0 aliphatic heterocycles. The number of amides is 2. The number of halogens is 1. The molecule has 0 bridgehead atoms. The summed E-state index contributed by atoms with van der Waals surface area (Å²) in [7, 11) is 0. The summed E-state index contributed by atoms with van der Waals surface area (Å²) in [6.45, 7) is 0.216. The molecule has 0 unspecified atom stereocenters. The quantitative estimate of drug-likeness (QED) is 0.434. The predicted molar refractivity (Wildman–Crippen MR) is 116 cm³/mol. The Morgan fingerprint density at radius 1 is 0.968 bits per heavy atom. The summed E-state index contributed by atoms with van der Waals surface area (Å²) in [5.41, 5.74) is 1.68. The van der Waals surface area contributed by atoms with Crippen molar-refractivity contribution in [3.05, 3.63) is 90.1 Å². The van der Waals surface area contributed by atoms with Gasteiger partial charge < -0.3 is 10.6 Å². The first-order valence-electron chi connectivity index (χ1n) is 9.44. The van der Waals surface area contributed by atoms with Gasteiger partial charge in [-0.1, -0.05) is 18.2 Å². The molecule has 7 nitrogen and oxygen atoms in total. The summed E-state index contributed by atoms with van der Waals surface area (Å²) in [5.74, 6) is -0.160. The fourth-order valence-electron chi connectivity index (χ4n) is 2.92. The Hall–Kier alpha value is -3.72. The largest absolute Gasteiger partial charge is 0.345 e. The number of hydrogen-bond acceptors (Lipinski definition) is 5. The number of rotatable bonds is 7. The van der Waals surface area contributed by atoms with Crippen LogP contribution in [0.25, 0.3) is 5.65 Å². The van der Waals surface area contributed by atoms with Gasteiger partial charge in [0.25, 0.3) is 5.91 Å². The molecule has 0 aliphatic carbocycles. The first-order valence-corrected chi connectivity index (χ1v) is 10.4. The lowest BCUT2D eigenvalue weighted by Crippen LogP contribution is -2.24. The van der Waals surface area contributed by atoms with Crippen molar-refractivity contribution in [1.82, 2.24) is 19.9 Å². The van der Waals surface area contributed by atoms with Crippen LogP contribution >= 0.6 is 11.8 Å². The minimum Gasteiger partial charge on any atom is -0.345 e. The van der Waals surface area contributed by atoms with Gasteiger partial charge in [-0.25, -0.2) is 4.39 Å². The van der Waals surface area contributed by atoms with Crippen LogP contribution in [0.5, 0.6) is 0 Å². The van der Waals surface area contributed by atoms with Crippen molar-refractivity contribution in [2.75, 3.05) is 11.1 Å². The standard InChI is InChI=1S/C22H18FN5O2S/c23-15-8-10-16(11-9-15)25-21(29)14-31-18-6-2-1-5-17(18)22(30)24-13-20-27-26-19-7-3-4-12-28(19)20/h1-12H,13-14H2,(H,24,30)(H,25,29). The molecule has 0 spiro atoms. The highest BCUT2D eigenvalue weighted by atomic mass is 32.2. The number of fused-ring (bicyclic) bond motifs is 1. The molecular weight excluding hydrogens is 417 g/mol. The molecule has 4 aromatic rings. The third-order valence-corrected chi connectivity index (χ3v) is 5.48. The van der Waals surface area contributed by atoms with Gasteiger partial charge in [0.15, 0.2) is 11.5 Å². The highest BCUT2D eigenvalue weighted by Crippen LogP contribution is 2.23. The van der Waals surface area contributed by atoms with E-state index in [9.17, 15) is 14.0 Å². The van der Waals surface area contributed by atoms with Gasteiger partial charge in [-0.3, -0.25) is 14.0 Å². The fourth-order valence-corrected chi connectivity index (χ4v) is 3.77. The van der Waals surface area contributed by atoms with Gasteiger partial charge in [0.05, 0.1) is 17.9 Å². The minimum absolute atomic E-state index is 0.108. The SMILES string of the molecule is O=C(CSc1ccccc1C(=O)NCc1nnc2ccccn12)Nc1ccc(F)cc1. The zero-order valence-electron chi connectivity index (χ0n) is 16.3. The van der Waals surface area contributed by atoms with Crippen LogP contribution in [-0.4, -0.2) is 32.2 Å². The van der Waals surface area contributed by atoms with Crippen LogP contribution in [-0.2, 0) is 11.3 Å². The Balaban J connectivity index is 1.37. The Bertz CT molecular complexity index is 1230. The normalized spacial score (nSPS) is 10.7. The lowest BCUT2D eigenvalue weighted by Gasteiger charge is -2.10. The van der Waals surface area contributed by atoms with Crippen molar-refractivity contribution in [2.24, 2.45) is 0 Å². The number of nitrogens with zero attached hydrogens (tertiary/aromatic N) is 3. The topological polar surface area (TPSA) is 88.4 Å². The molecule has 2 aromatic heterocycles. The molecule has 2 N–H and O–H groups in total. The lowest BCUT2D eigenvalue weighted by atomic mass is 10.2. The monoisotopic (exact) mass is 435 g/mol. The third-order valence-electron chi connectivity index (χ3n) is 4.41. The first-order chi connectivity index (χ1) is 15.1. The molecule has 0 fully saturated rings. The van der Waals surface area contributed by atoms with Crippen molar-refractivity contribution >= 4 is 34.9 Å². The molecule has 156 valence electrons. The van der Waals surface area contributed by atoms with Crippen molar-refractivity contribution in [3.63, 3.8) is 0 Å². The molecular formula is C22H18FN5O2S. The summed E-state index contributed by atoms with van der Waals surface area (Å²) < 4.78 is 14.8. The number of thioether (sulfide) groups is 1. The smallest absolute Gasteiger partial charge is 0.252 e. The summed E-state index contributed by atoms with van der Waals surface area (Å²) in [5, 5.41) is 13.7. The van der Waals surface area contributed by atoms with Crippen molar-refractivity contribution in [1.29, 1.82) is 0 Å². The fraction of sp³-hybridized carbons (Fsp3) is 0.0909. The average Bonchev–Trinajstić information content (AvgIpc) is 3.21. The van der Waals surface area contributed by atoms with Gasteiger partial charge in [0.2, 0.25) is 5.91 Å². The van der Waals surface area contributed by atoms with Crippen molar-refractivity contribution < 1.29 is 14.0 Å². The highest BCUT2D eigenvalue weighted by molar-refractivity contribution is 8.00. The Morgan fingerprint density at radius 2 is 1.74 bits per heavy atom. The molecule has 2 aromatic carbocycles. The van der Waals surface area contributed by atoms with E-state index in [1.165, 1.54) is 36.0 Å². The van der Waals surface area contributed by atoms with Gasteiger partial charge in [-0.2, -0.15) is 0 Å². The lowest BCUT2D eigenvalue weighted by molar-refractivity contribution is -0.113. The number of anilines is 1. The molecule has 2 amide bonds. The van der Waals surface area contributed by atoms with E-state index in [0.29, 0.717) is 27.6 Å². The number of carbonyl (C=O) groups is 2. The van der Waals surface area contributed by atoms with Crippen LogP contribution in [0.4, 0.5) is 10.1 Å². The van der Waals surface area contributed by atoms with Gasteiger partial charge in [-0.05, 0) is 48.5 Å². The number of benzene rings is 2. The summed E-state index contributed by atoms with van der Waals surface area (Å²) in [6.07, 6.45) is 1.83. The Kier molecular flexibility index (Phi) is 6.23. The predicted octanol–water partition coefficient (Wildman–Crippen LogP) is 3.53. The van der Waals surface area contributed by atoms with E-state index in [1.54, 1.807) is 22.6 Å². The summed E-state index contributed by atoms with van der Waals surface area (Å²) in [6, 6.07) is 18.2. The van der Waals surface area contributed by atoms with E-state index in [-0.39, 0.29) is 29.9 Å². The molecule has 9 heteroatoms. The van der Waals surface area contributed by atoms with Crippen LogP contribution in [0.2, 0.25) is 0 Å². The zero-order chi connectivity index (χ0) is 21.6. The maximum Gasteiger partial charge on any atom is 0.252 e. The van der Waals surface area contributed by atoms with Crippen LogP contribution in [0.3, 0.4) is 0 Å². The second kappa shape index (κ2) is 9.40. The van der Waals surface area contributed by atoms with Gasteiger partial charge in [-0.15, -0.1) is 22.0 Å². The molecule has 2 heterocycles. The van der Waals surface area contributed by atoms with E-state index in [4.69, 9.17) is 0 Å². The molecule has 0 atom stereocenters. The molecule has 0 radical (unpaired) electrons. The molecule has 31 heavy (non-hydrogen) atoms. The van der Waals surface area contributed by atoms with Crippen molar-refractivity contribution in [3.8, 4) is 0 Å². The number of pyridine rings is 1. The van der Waals surface area contributed by atoms with E-state index >= 15 is 0 Å². The summed E-state index contributed by atoms with van der Waals surface area (Å²) >= 11 is 1.25. The molecule has 0 aliphatic rings. The van der Waals surface area contributed by atoms with Gasteiger partial charge in [0.1, 0.15) is 5.82 Å². The maximum atomic E-state index is 13.0. The highest BCUT2D eigenvalue weighted by Gasteiger charge is 2.14. The van der Waals surface area contributed by atoms with Gasteiger partial charge >= 0.3 is 0 Å². The van der Waals surface area contributed by atoms with Crippen LogP contribution < -0.4 is 10.6 Å². The average molecular weight is 435 g/mol. The Morgan fingerprint density at radius 3 is 2.58 bits per heavy atom. The van der Waals surface area contributed by atoms with Crippen LogP contribution in [0, 0.1) is 5.82 Å². The van der Waals surface area contributed by atoms with Crippen LogP contribution in [0.1, 0.15) is 16.2 Å². The first kappa shape index (κ1) is 20.5. The van der Waals surface area contributed by atoms with E-state index in [0.717, 1.165) is 0 Å². The van der Waals surface area contributed by atoms with Gasteiger partial charge in [0, 0.05) is 16.8 Å². The molecule has 0 saturated carbocycles. The maximum absolute atomic E-state index is 13.0. The zero-order valence-corrected chi connectivity index (χ0v) is 17.1. The van der Waals surface area contributed by atoms with Crippen molar-refractivity contribution in [2.45, 2.75) is 11.4 Å². The molecule has 4 rings (SSSR count). The number of aromatic nitrogens is 3. The summed E-state index contributed by atoms with van der Waals surface area (Å²) in [4.78, 5) is 25.6. The number of nitrogens with one attached hydrogen (secondary N) is 2. The minimum atomic E-state index is -0.369. The Labute approximate surface area is 181 Å². The van der Waals surface area contributed by atoms with E-state index in [1.807, 2.05) is 30.5 Å².